The Morgan fingerprint density at radius 3 is 2.90 bits per heavy atom. The van der Waals surface area contributed by atoms with Crippen LogP contribution in [0.4, 0.5) is 4.39 Å². The summed E-state index contributed by atoms with van der Waals surface area (Å²) in [4.78, 5) is -0.178. The summed E-state index contributed by atoms with van der Waals surface area (Å²) >= 11 is 0. The summed E-state index contributed by atoms with van der Waals surface area (Å²) in [5.74, 6) is -0.463. The van der Waals surface area contributed by atoms with Gasteiger partial charge in [0.05, 0.1) is 6.61 Å². The summed E-state index contributed by atoms with van der Waals surface area (Å²) < 4.78 is 46.3. The van der Waals surface area contributed by atoms with Gasteiger partial charge in [0.1, 0.15) is 16.5 Å². The first-order chi connectivity index (χ1) is 9.35. The molecule has 1 aromatic carbocycles. The van der Waals surface area contributed by atoms with Gasteiger partial charge in [0.25, 0.3) is 0 Å². The Morgan fingerprint density at radius 1 is 1.55 bits per heavy atom. The molecule has 5 nitrogen and oxygen atoms in total. The maximum atomic E-state index is 13.7. The van der Waals surface area contributed by atoms with Crippen LogP contribution in [-0.2, 0) is 10.0 Å². The largest absolute Gasteiger partial charge is 0.492 e. The van der Waals surface area contributed by atoms with Crippen molar-refractivity contribution in [3.63, 3.8) is 0 Å². The van der Waals surface area contributed by atoms with Crippen molar-refractivity contribution < 1.29 is 17.5 Å². The van der Waals surface area contributed by atoms with Crippen LogP contribution in [0.3, 0.4) is 0 Å². The standard InChI is InChI=1S/C13H19FN2O3S/c1-3-8(2)16-20(17,18)12-7-9(14)6-10-11(15)4-5-19-13(10)12/h6-8,11,16H,3-5,15H2,1-2H3. The van der Waals surface area contributed by atoms with Gasteiger partial charge in [-0.25, -0.2) is 17.5 Å². The molecule has 2 rings (SSSR count). The average Bonchev–Trinajstić information content (AvgIpc) is 2.38. The predicted molar refractivity (Wildman–Crippen MR) is 73.5 cm³/mol. The zero-order valence-electron chi connectivity index (χ0n) is 11.5. The summed E-state index contributed by atoms with van der Waals surface area (Å²) in [7, 11) is -3.83. The van der Waals surface area contributed by atoms with Gasteiger partial charge in [-0.1, -0.05) is 6.92 Å². The molecular formula is C13H19FN2O3S. The van der Waals surface area contributed by atoms with Crippen LogP contribution in [0.1, 0.15) is 38.3 Å². The molecule has 0 fully saturated rings. The third-order valence-corrected chi connectivity index (χ3v) is 4.98. The third kappa shape index (κ3) is 2.94. The number of rotatable bonds is 4. The van der Waals surface area contributed by atoms with E-state index in [0.29, 0.717) is 25.0 Å². The van der Waals surface area contributed by atoms with Gasteiger partial charge in [-0.05, 0) is 25.5 Å². The first-order valence-corrected chi connectivity index (χ1v) is 8.07. The molecule has 0 radical (unpaired) electrons. The average molecular weight is 302 g/mol. The van der Waals surface area contributed by atoms with Crippen LogP contribution in [0.2, 0.25) is 0 Å². The predicted octanol–water partition coefficient (Wildman–Crippen LogP) is 1.68. The van der Waals surface area contributed by atoms with E-state index in [9.17, 15) is 12.8 Å². The zero-order valence-corrected chi connectivity index (χ0v) is 12.3. The van der Waals surface area contributed by atoms with Crippen LogP contribution < -0.4 is 15.2 Å². The molecule has 0 saturated carbocycles. The van der Waals surface area contributed by atoms with Crippen LogP contribution in [0.15, 0.2) is 17.0 Å². The molecule has 0 bridgehead atoms. The van der Waals surface area contributed by atoms with Crippen molar-refractivity contribution in [1.82, 2.24) is 4.72 Å². The monoisotopic (exact) mass is 302 g/mol. The van der Waals surface area contributed by atoms with Crippen LogP contribution in [0, 0.1) is 5.82 Å². The molecule has 1 aromatic rings. The van der Waals surface area contributed by atoms with Gasteiger partial charge < -0.3 is 10.5 Å². The molecule has 1 heterocycles. The Balaban J connectivity index is 2.52. The number of hydrogen-bond acceptors (Lipinski definition) is 4. The summed E-state index contributed by atoms with van der Waals surface area (Å²) in [6, 6.07) is 1.56. The molecule has 112 valence electrons. The quantitative estimate of drug-likeness (QED) is 0.886. The lowest BCUT2D eigenvalue weighted by molar-refractivity contribution is 0.260. The SMILES string of the molecule is CCC(C)NS(=O)(=O)c1cc(F)cc2c1OCCC2N. The molecule has 7 heteroatoms. The second-order valence-electron chi connectivity index (χ2n) is 5.00. The summed E-state index contributed by atoms with van der Waals surface area (Å²) in [5, 5.41) is 0. The Morgan fingerprint density at radius 2 is 2.25 bits per heavy atom. The van der Waals surface area contributed by atoms with E-state index in [4.69, 9.17) is 10.5 Å². The van der Waals surface area contributed by atoms with Gasteiger partial charge in [0, 0.05) is 24.1 Å². The molecule has 1 aliphatic rings. The van der Waals surface area contributed by atoms with Gasteiger partial charge in [0.15, 0.2) is 0 Å². The molecular weight excluding hydrogens is 283 g/mol. The molecule has 20 heavy (non-hydrogen) atoms. The maximum Gasteiger partial charge on any atom is 0.244 e. The molecule has 0 saturated heterocycles. The van der Waals surface area contributed by atoms with Crippen LogP contribution in [-0.4, -0.2) is 21.1 Å². The fourth-order valence-electron chi connectivity index (χ4n) is 2.07. The highest BCUT2D eigenvalue weighted by atomic mass is 32.2. The number of fused-ring (bicyclic) bond motifs is 1. The minimum absolute atomic E-state index is 0.168. The lowest BCUT2D eigenvalue weighted by Gasteiger charge is -2.25. The van der Waals surface area contributed by atoms with Crippen molar-refractivity contribution in [2.45, 2.75) is 43.7 Å². The van der Waals surface area contributed by atoms with E-state index in [1.165, 1.54) is 6.07 Å². The molecule has 2 unspecified atom stereocenters. The molecule has 0 aliphatic carbocycles. The molecule has 0 spiro atoms. The minimum Gasteiger partial charge on any atom is -0.492 e. The zero-order chi connectivity index (χ0) is 14.9. The summed E-state index contributed by atoms with van der Waals surface area (Å²) in [6.45, 7) is 3.93. The normalized spacial score (nSPS) is 20.1. The Labute approximate surface area is 118 Å². The van der Waals surface area contributed by atoms with E-state index >= 15 is 0 Å². The van der Waals surface area contributed by atoms with Gasteiger partial charge in [0.2, 0.25) is 10.0 Å². The highest BCUT2D eigenvalue weighted by molar-refractivity contribution is 7.89. The van der Waals surface area contributed by atoms with E-state index in [-0.39, 0.29) is 16.7 Å². The Bertz CT molecular complexity index is 604. The third-order valence-electron chi connectivity index (χ3n) is 3.38. The van der Waals surface area contributed by atoms with Gasteiger partial charge in [-0.3, -0.25) is 0 Å². The number of nitrogens with two attached hydrogens (primary N) is 1. The molecule has 2 atom stereocenters. The second-order valence-corrected chi connectivity index (χ2v) is 6.68. The van der Waals surface area contributed by atoms with Crippen LogP contribution in [0.5, 0.6) is 5.75 Å². The van der Waals surface area contributed by atoms with Crippen LogP contribution in [0.25, 0.3) is 0 Å². The first kappa shape index (κ1) is 15.2. The van der Waals surface area contributed by atoms with Crippen molar-refractivity contribution in [3.8, 4) is 5.75 Å². The van der Waals surface area contributed by atoms with E-state index in [1.807, 2.05) is 6.92 Å². The van der Waals surface area contributed by atoms with Gasteiger partial charge in [-0.15, -0.1) is 0 Å². The van der Waals surface area contributed by atoms with Crippen molar-refractivity contribution in [1.29, 1.82) is 0 Å². The molecule has 0 amide bonds. The smallest absolute Gasteiger partial charge is 0.244 e. The lowest BCUT2D eigenvalue weighted by atomic mass is 10.0. The number of benzene rings is 1. The van der Waals surface area contributed by atoms with Gasteiger partial charge >= 0.3 is 0 Å². The van der Waals surface area contributed by atoms with Crippen molar-refractivity contribution in [2.75, 3.05) is 6.61 Å². The van der Waals surface area contributed by atoms with Crippen molar-refractivity contribution in [2.24, 2.45) is 5.73 Å². The molecule has 1 aliphatic heterocycles. The minimum atomic E-state index is -3.83. The highest BCUT2D eigenvalue weighted by Crippen LogP contribution is 2.37. The van der Waals surface area contributed by atoms with Crippen molar-refractivity contribution in [3.05, 3.63) is 23.5 Å². The molecule has 3 N–H and O–H groups in total. The summed E-state index contributed by atoms with van der Waals surface area (Å²) in [5.41, 5.74) is 6.30. The van der Waals surface area contributed by atoms with Gasteiger partial charge in [-0.2, -0.15) is 0 Å². The highest BCUT2D eigenvalue weighted by Gasteiger charge is 2.29. The lowest BCUT2D eigenvalue weighted by Crippen LogP contribution is -2.33. The number of ether oxygens (including phenoxy) is 1. The fourth-order valence-corrected chi connectivity index (χ4v) is 3.59. The van der Waals surface area contributed by atoms with E-state index in [1.54, 1.807) is 6.92 Å². The number of sulfonamides is 1. The maximum absolute atomic E-state index is 13.7. The van der Waals surface area contributed by atoms with Crippen LogP contribution >= 0.6 is 0 Å². The first-order valence-electron chi connectivity index (χ1n) is 6.59. The van der Waals surface area contributed by atoms with E-state index < -0.39 is 21.9 Å². The topological polar surface area (TPSA) is 81.4 Å². The number of hydrogen-bond donors (Lipinski definition) is 2. The molecule has 0 aromatic heterocycles. The number of halogens is 1. The number of nitrogens with one attached hydrogen (secondary N) is 1. The summed E-state index contributed by atoms with van der Waals surface area (Å²) in [6.07, 6.45) is 1.17. The van der Waals surface area contributed by atoms with Crippen molar-refractivity contribution >= 4 is 10.0 Å². The van der Waals surface area contributed by atoms with E-state index in [0.717, 1.165) is 6.07 Å². The van der Waals surface area contributed by atoms with E-state index in [2.05, 4.69) is 4.72 Å². The second kappa shape index (κ2) is 5.67. The Kier molecular flexibility index (Phi) is 4.31. The Hall–Kier alpha value is -1.18. The fraction of sp³-hybridized carbons (Fsp3) is 0.538.